The van der Waals surface area contributed by atoms with Crippen molar-refractivity contribution in [2.45, 2.75) is 68.0 Å². The molecule has 0 saturated carbocycles. The Kier molecular flexibility index (Phi) is 16.0. The largest absolute Gasteiger partial charge is 0.416 e. The number of likely N-dealkylation sites (N-methyl/N-ethyl adjacent to an activating group) is 1. The molecule has 10 nitrogen and oxygen atoms in total. The van der Waals surface area contributed by atoms with Gasteiger partial charge < -0.3 is 24.2 Å². The topological polar surface area (TPSA) is 108 Å². The van der Waals surface area contributed by atoms with Crippen LogP contribution in [0.4, 0.5) is 26.3 Å². The number of hydrogen-bond donors (Lipinski definition) is 1. The number of carbonyl (C=O) groups excluding carboxylic acids is 2. The third-order valence-electron chi connectivity index (χ3n) is 12.0. The van der Waals surface area contributed by atoms with Crippen molar-refractivity contribution in [3.8, 4) is 0 Å². The van der Waals surface area contributed by atoms with Crippen LogP contribution in [0.5, 0.6) is 0 Å². The molecular formula is C42H49Cl3F6N4O6S. The lowest BCUT2D eigenvalue weighted by molar-refractivity contribution is -0.143. The van der Waals surface area contributed by atoms with Gasteiger partial charge in [0.1, 0.15) is 12.2 Å². The SMILES string of the molecule is CN(CCCCNS(C)(=O)=O)C(=O)CO[C@H]1Cc2ccccc2C12CCN(CC[C@]1(c3ccc(Cl)c(Cl)c3)CN(C(=O)c3cc(C(F)(F)F)cc(C(F)(F)F)c3)CCO1)CC2.Cl. The first-order valence-electron chi connectivity index (χ1n) is 19.9. The van der Waals surface area contributed by atoms with Gasteiger partial charge in [-0.2, -0.15) is 26.3 Å². The van der Waals surface area contributed by atoms with Gasteiger partial charge in [0.15, 0.2) is 0 Å². The molecule has 1 N–H and O–H groups in total. The normalized spacial score (nSPS) is 20.5. The minimum atomic E-state index is -5.12. The Balaban J connectivity index is 0.00000726. The number of alkyl halides is 6. The highest BCUT2D eigenvalue weighted by molar-refractivity contribution is 7.88. The number of nitrogens with zero attached hydrogens (tertiary/aromatic N) is 3. The fraction of sp³-hybridized carbons (Fsp3) is 0.524. The van der Waals surface area contributed by atoms with E-state index < -0.39 is 50.6 Å². The van der Waals surface area contributed by atoms with Gasteiger partial charge in [-0.15, -0.1) is 12.4 Å². The van der Waals surface area contributed by atoms with Crippen molar-refractivity contribution in [2.75, 3.05) is 72.3 Å². The summed E-state index contributed by atoms with van der Waals surface area (Å²) in [5.74, 6) is -1.18. The fourth-order valence-corrected chi connectivity index (χ4v) is 9.50. The summed E-state index contributed by atoms with van der Waals surface area (Å²) >= 11 is 12.7. The quantitative estimate of drug-likeness (QED) is 0.129. The lowest BCUT2D eigenvalue weighted by Crippen LogP contribution is -2.54. The van der Waals surface area contributed by atoms with Crippen molar-refractivity contribution in [3.05, 3.63) is 104 Å². The minimum Gasteiger partial charge on any atom is -0.367 e. The molecule has 2 saturated heterocycles. The van der Waals surface area contributed by atoms with Crippen molar-refractivity contribution in [3.63, 3.8) is 0 Å². The molecule has 1 spiro atoms. The molecule has 3 aromatic carbocycles. The van der Waals surface area contributed by atoms with Crippen molar-refractivity contribution in [1.82, 2.24) is 19.4 Å². The van der Waals surface area contributed by atoms with Crippen LogP contribution in [0.15, 0.2) is 60.7 Å². The van der Waals surface area contributed by atoms with Gasteiger partial charge in [-0.25, -0.2) is 13.1 Å². The summed E-state index contributed by atoms with van der Waals surface area (Å²) < 4.78 is 120. The van der Waals surface area contributed by atoms with Crippen LogP contribution >= 0.6 is 35.6 Å². The van der Waals surface area contributed by atoms with Crippen LogP contribution in [-0.4, -0.2) is 113 Å². The number of carbonyl (C=O) groups is 2. The number of unbranched alkanes of at least 4 members (excludes halogenated alkanes) is 1. The molecule has 2 atom stereocenters. The lowest BCUT2D eigenvalue weighted by Gasteiger charge is -2.46. The van der Waals surface area contributed by atoms with Gasteiger partial charge in [0.05, 0.1) is 46.7 Å². The van der Waals surface area contributed by atoms with Crippen molar-refractivity contribution in [1.29, 1.82) is 0 Å². The number of halogens is 9. The highest BCUT2D eigenvalue weighted by atomic mass is 35.5. The number of sulfonamides is 1. The molecule has 3 aromatic rings. The Morgan fingerprint density at radius 1 is 0.935 bits per heavy atom. The van der Waals surface area contributed by atoms with E-state index >= 15 is 0 Å². The maximum atomic E-state index is 13.8. The number of likely N-dealkylation sites (tertiary alicyclic amines) is 1. The van der Waals surface area contributed by atoms with E-state index in [1.54, 1.807) is 30.1 Å². The summed E-state index contributed by atoms with van der Waals surface area (Å²) in [6.45, 7) is 2.04. The molecule has 342 valence electrons. The molecule has 2 fully saturated rings. The van der Waals surface area contributed by atoms with Crippen molar-refractivity contribution < 1.29 is 53.8 Å². The number of piperidine rings is 1. The first-order valence-corrected chi connectivity index (χ1v) is 22.5. The average Bonchev–Trinajstić information content (AvgIpc) is 3.51. The van der Waals surface area contributed by atoms with E-state index in [1.807, 2.05) is 12.1 Å². The van der Waals surface area contributed by atoms with Crippen LogP contribution in [0.3, 0.4) is 0 Å². The third-order valence-corrected chi connectivity index (χ3v) is 13.5. The third kappa shape index (κ3) is 11.7. The fourth-order valence-electron chi connectivity index (χ4n) is 8.68. The van der Waals surface area contributed by atoms with Crippen LogP contribution < -0.4 is 4.72 Å². The van der Waals surface area contributed by atoms with Crippen LogP contribution in [0.25, 0.3) is 0 Å². The Morgan fingerprint density at radius 2 is 1.60 bits per heavy atom. The zero-order chi connectivity index (χ0) is 44.4. The molecular weight excluding hydrogens is 909 g/mol. The number of fused-ring (bicyclic) bond motifs is 2. The average molecular weight is 958 g/mol. The molecule has 2 amide bonds. The van der Waals surface area contributed by atoms with Crippen LogP contribution in [0, 0.1) is 0 Å². The number of amides is 2. The van der Waals surface area contributed by atoms with Crippen molar-refractivity contribution >= 4 is 57.4 Å². The second kappa shape index (κ2) is 19.9. The predicted molar refractivity (Wildman–Crippen MR) is 225 cm³/mol. The molecule has 0 aromatic heterocycles. The number of rotatable bonds is 14. The highest BCUT2D eigenvalue weighted by Gasteiger charge is 2.50. The number of nitrogens with one attached hydrogen (secondary N) is 1. The summed E-state index contributed by atoms with van der Waals surface area (Å²) in [6.07, 6.45) is -5.89. The zero-order valence-electron chi connectivity index (χ0n) is 34.1. The second-order valence-corrected chi connectivity index (χ2v) is 18.7. The van der Waals surface area contributed by atoms with Crippen LogP contribution in [0.1, 0.15) is 70.3 Å². The molecule has 62 heavy (non-hydrogen) atoms. The molecule has 0 unspecified atom stereocenters. The molecule has 2 heterocycles. The second-order valence-electron chi connectivity index (χ2n) is 16.1. The predicted octanol–water partition coefficient (Wildman–Crippen LogP) is 7.97. The molecule has 0 radical (unpaired) electrons. The highest BCUT2D eigenvalue weighted by Crippen LogP contribution is 2.48. The van der Waals surface area contributed by atoms with Gasteiger partial charge >= 0.3 is 12.4 Å². The Bertz CT molecular complexity index is 2160. The number of morpholine rings is 1. The molecule has 6 rings (SSSR count). The lowest BCUT2D eigenvalue weighted by atomic mass is 9.72. The summed E-state index contributed by atoms with van der Waals surface area (Å²) in [7, 11) is -1.59. The smallest absolute Gasteiger partial charge is 0.367 e. The van der Waals surface area contributed by atoms with Gasteiger partial charge in [-0.1, -0.05) is 53.5 Å². The zero-order valence-corrected chi connectivity index (χ0v) is 37.2. The Labute approximate surface area is 373 Å². The summed E-state index contributed by atoms with van der Waals surface area (Å²) in [5, 5.41) is 0.464. The van der Waals surface area contributed by atoms with Crippen LogP contribution in [-0.2, 0) is 54.1 Å². The maximum Gasteiger partial charge on any atom is 0.416 e. The number of benzene rings is 3. The van der Waals surface area contributed by atoms with Gasteiger partial charge in [0.2, 0.25) is 15.9 Å². The standard InChI is InChI=1S/C42H48Cl2F6N4O6S.ClH/c1-52(15-6-5-14-51-61(2,57)58)37(55)26-59-36-23-28-7-3-4-8-33(28)39(36)11-16-53(17-12-39)18-13-40(30-9-10-34(43)35(44)25-30)27-54(19-20-60-40)38(56)29-21-31(41(45,46)47)24-32(22-29)42(48,49)50;/h3-4,7-10,21-22,24-25,36,51H,5-6,11-20,23,26-27H2,1-2H3;1H/t36-,40+;/m0./s1. The maximum absolute atomic E-state index is 13.8. The minimum absolute atomic E-state index is 0. The van der Waals surface area contributed by atoms with E-state index in [4.69, 9.17) is 32.7 Å². The van der Waals surface area contributed by atoms with Gasteiger partial charge in [0, 0.05) is 44.2 Å². The summed E-state index contributed by atoms with van der Waals surface area (Å²) in [4.78, 5) is 32.0. The van der Waals surface area contributed by atoms with E-state index in [-0.39, 0.29) is 78.8 Å². The molecule has 20 heteroatoms. The van der Waals surface area contributed by atoms with Gasteiger partial charge in [-0.05, 0) is 98.6 Å². The van der Waals surface area contributed by atoms with E-state index in [2.05, 4.69) is 21.8 Å². The van der Waals surface area contributed by atoms with Crippen molar-refractivity contribution in [2.24, 2.45) is 0 Å². The van der Waals surface area contributed by atoms with Gasteiger partial charge in [0.25, 0.3) is 5.91 Å². The van der Waals surface area contributed by atoms with E-state index in [9.17, 15) is 44.3 Å². The van der Waals surface area contributed by atoms with E-state index in [1.165, 1.54) is 10.5 Å². The van der Waals surface area contributed by atoms with Gasteiger partial charge in [-0.3, -0.25) is 9.59 Å². The Hall–Kier alpha value is -3.16. The van der Waals surface area contributed by atoms with E-state index in [0.29, 0.717) is 82.4 Å². The first-order chi connectivity index (χ1) is 28.6. The first kappa shape index (κ1) is 49.8. The number of hydrogen-bond acceptors (Lipinski definition) is 7. The number of ether oxygens (including phenoxy) is 2. The molecule has 2 aliphatic heterocycles. The molecule has 3 aliphatic rings. The summed E-state index contributed by atoms with van der Waals surface area (Å²) in [6, 6.07) is 13.9. The monoisotopic (exact) mass is 956 g/mol. The summed E-state index contributed by atoms with van der Waals surface area (Å²) in [5.41, 5.74) is -2.63. The Morgan fingerprint density at radius 3 is 2.23 bits per heavy atom. The van der Waals surface area contributed by atoms with E-state index in [0.717, 1.165) is 11.8 Å². The molecule has 0 bridgehead atoms. The van der Waals surface area contributed by atoms with Crippen LogP contribution in [0.2, 0.25) is 10.0 Å². The molecule has 1 aliphatic carbocycles.